The van der Waals surface area contributed by atoms with Crippen molar-refractivity contribution in [1.82, 2.24) is 0 Å². The number of rotatable bonds is 6. The summed E-state index contributed by atoms with van der Waals surface area (Å²) < 4.78 is 0. The average Bonchev–Trinajstić information content (AvgIpc) is 2.53. The fourth-order valence-corrected chi connectivity index (χ4v) is 6.02. The van der Waals surface area contributed by atoms with Crippen LogP contribution in [-0.2, 0) is 6.04 Å². The molecule has 0 aromatic heterocycles. The van der Waals surface area contributed by atoms with Crippen LogP contribution in [0.4, 0.5) is 0 Å². The van der Waals surface area contributed by atoms with Gasteiger partial charge in [-0.2, -0.15) is 0 Å². The number of hydrogen-bond donors (Lipinski definition) is 1. The molecule has 0 amide bonds. The van der Waals surface area contributed by atoms with Crippen molar-refractivity contribution >= 4 is 8.07 Å². The number of benzene rings is 2. The Morgan fingerprint density at radius 3 is 2.09 bits per heavy atom. The molecule has 0 radical (unpaired) electrons. The highest BCUT2D eigenvalue weighted by Crippen LogP contribution is 2.29. The smallest absolute Gasteiger partial charge is 0.0823 e. The third-order valence-corrected chi connectivity index (χ3v) is 7.83. The molecule has 0 aliphatic carbocycles. The summed E-state index contributed by atoms with van der Waals surface area (Å²) in [7, 11) is -1.57. The molecule has 0 saturated carbocycles. The largest absolute Gasteiger partial charge is 0.388 e. The molecule has 0 fully saturated rings. The first kappa shape index (κ1) is 16.7. The Labute approximate surface area is 135 Å². The molecule has 0 aliphatic heterocycles. The molecule has 1 atom stereocenters. The zero-order chi connectivity index (χ0) is 16.0. The van der Waals surface area contributed by atoms with Crippen molar-refractivity contribution in [2.45, 2.75) is 38.6 Å². The maximum atomic E-state index is 10.5. The molecule has 22 heavy (non-hydrogen) atoms. The standard InChI is InChI=1S/C20H26OSi/c1-4-19(15-20(21)18-13-9-6-10-14-18)22(2,3)16-17-11-7-5-8-12-17/h4-14,20-21H,15-16H2,1-3H3/b19-4-/t20-/m0/s1. The molecular weight excluding hydrogens is 284 g/mol. The third kappa shape index (κ3) is 4.42. The predicted molar refractivity (Wildman–Crippen MR) is 97.4 cm³/mol. The Balaban J connectivity index is 2.10. The lowest BCUT2D eigenvalue weighted by molar-refractivity contribution is 0.180. The first-order valence-corrected chi connectivity index (χ1v) is 11.2. The topological polar surface area (TPSA) is 20.2 Å². The molecule has 0 heterocycles. The lowest BCUT2D eigenvalue weighted by atomic mass is 10.1. The van der Waals surface area contributed by atoms with Crippen molar-refractivity contribution in [2.75, 3.05) is 0 Å². The van der Waals surface area contributed by atoms with Gasteiger partial charge in [0, 0.05) is 0 Å². The molecule has 0 bridgehead atoms. The van der Waals surface area contributed by atoms with Crippen LogP contribution in [0.25, 0.3) is 0 Å². The van der Waals surface area contributed by atoms with Crippen molar-refractivity contribution < 1.29 is 5.11 Å². The first-order chi connectivity index (χ1) is 10.5. The third-order valence-electron chi connectivity index (χ3n) is 4.30. The molecule has 1 nitrogen and oxygen atoms in total. The van der Waals surface area contributed by atoms with Crippen molar-refractivity contribution in [2.24, 2.45) is 0 Å². The van der Waals surface area contributed by atoms with Gasteiger partial charge in [-0.15, -0.1) is 0 Å². The Morgan fingerprint density at radius 2 is 1.55 bits per heavy atom. The van der Waals surface area contributed by atoms with Crippen LogP contribution in [0.3, 0.4) is 0 Å². The lowest BCUT2D eigenvalue weighted by Gasteiger charge is -2.28. The van der Waals surface area contributed by atoms with Gasteiger partial charge in [0.25, 0.3) is 0 Å². The van der Waals surface area contributed by atoms with E-state index in [9.17, 15) is 5.11 Å². The minimum absolute atomic E-state index is 0.407. The summed E-state index contributed by atoms with van der Waals surface area (Å²) in [6.07, 6.45) is 2.56. The zero-order valence-electron chi connectivity index (χ0n) is 13.8. The molecule has 2 rings (SSSR count). The molecule has 0 unspecified atom stereocenters. The fraction of sp³-hybridized carbons (Fsp3) is 0.300. The van der Waals surface area contributed by atoms with Crippen LogP contribution >= 0.6 is 0 Å². The van der Waals surface area contributed by atoms with Gasteiger partial charge in [0.2, 0.25) is 0 Å². The van der Waals surface area contributed by atoms with E-state index in [0.717, 1.165) is 18.0 Å². The van der Waals surface area contributed by atoms with Gasteiger partial charge in [0.15, 0.2) is 0 Å². The Kier molecular flexibility index (Phi) is 5.75. The lowest BCUT2D eigenvalue weighted by Crippen LogP contribution is -2.33. The van der Waals surface area contributed by atoms with E-state index in [4.69, 9.17) is 0 Å². The van der Waals surface area contributed by atoms with Crippen LogP contribution < -0.4 is 0 Å². The van der Waals surface area contributed by atoms with Gasteiger partial charge in [0.1, 0.15) is 0 Å². The van der Waals surface area contributed by atoms with Crippen LogP contribution in [-0.4, -0.2) is 13.2 Å². The second-order valence-electron chi connectivity index (χ2n) is 6.49. The van der Waals surface area contributed by atoms with Gasteiger partial charge in [-0.05, 0) is 25.0 Å². The normalized spacial score (nSPS) is 13.9. The highest BCUT2D eigenvalue weighted by Gasteiger charge is 2.27. The summed E-state index contributed by atoms with van der Waals surface area (Å²) in [6.45, 7) is 6.90. The van der Waals surface area contributed by atoms with Crippen LogP contribution in [0.15, 0.2) is 71.9 Å². The molecule has 0 spiro atoms. The van der Waals surface area contributed by atoms with Gasteiger partial charge in [-0.25, -0.2) is 0 Å². The van der Waals surface area contributed by atoms with E-state index in [2.05, 4.69) is 56.4 Å². The van der Waals surface area contributed by atoms with Gasteiger partial charge in [0.05, 0.1) is 14.2 Å². The van der Waals surface area contributed by atoms with E-state index in [1.165, 1.54) is 10.8 Å². The second kappa shape index (κ2) is 7.57. The van der Waals surface area contributed by atoms with Crippen molar-refractivity contribution in [3.63, 3.8) is 0 Å². The Bertz CT molecular complexity index is 602. The quantitative estimate of drug-likeness (QED) is 0.737. The van der Waals surface area contributed by atoms with E-state index in [1.807, 2.05) is 30.3 Å². The number of hydrogen-bond acceptors (Lipinski definition) is 1. The Hall–Kier alpha value is -1.64. The van der Waals surface area contributed by atoms with Crippen LogP contribution in [0.2, 0.25) is 13.1 Å². The van der Waals surface area contributed by atoms with E-state index >= 15 is 0 Å². The van der Waals surface area contributed by atoms with Crippen molar-refractivity contribution in [3.8, 4) is 0 Å². The minimum atomic E-state index is -1.57. The predicted octanol–water partition coefficient (Wildman–Crippen LogP) is 5.09. The molecule has 116 valence electrons. The average molecular weight is 311 g/mol. The molecule has 1 N–H and O–H groups in total. The molecule has 2 aromatic rings. The van der Waals surface area contributed by atoms with Gasteiger partial charge in [-0.3, -0.25) is 0 Å². The fourth-order valence-electron chi connectivity index (χ4n) is 3.01. The second-order valence-corrected chi connectivity index (χ2v) is 11.3. The molecular formula is C20H26OSi. The monoisotopic (exact) mass is 310 g/mol. The summed E-state index contributed by atoms with van der Waals surface area (Å²) in [6, 6.07) is 21.8. The summed E-state index contributed by atoms with van der Waals surface area (Å²) in [5, 5.41) is 12.0. The van der Waals surface area contributed by atoms with E-state index in [0.29, 0.717) is 0 Å². The van der Waals surface area contributed by atoms with Gasteiger partial charge >= 0.3 is 0 Å². The maximum Gasteiger partial charge on any atom is 0.0823 e. The van der Waals surface area contributed by atoms with Crippen LogP contribution in [0, 0.1) is 0 Å². The summed E-state index contributed by atoms with van der Waals surface area (Å²) in [4.78, 5) is 0. The molecule has 0 aliphatic rings. The zero-order valence-corrected chi connectivity index (χ0v) is 14.8. The highest BCUT2D eigenvalue weighted by atomic mass is 28.3. The van der Waals surface area contributed by atoms with Crippen LogP contribution in [0.5, 0.6) is 0 Å². The minimum Gasteiger partial charge on any atom is -0.388 e. The van der Waals surface area contributed by atoms with Gasteiger partial charge in [-0.1, -0.05) is 90.6 Å². The summed E-state index contributed by atoms with van der Waals surface area (Å²) >= 11 is 0. The van der Waals surface area contributed by atoms with Crippen molar-refractivity contribution in [1.29, 1.82) is 0 Å². The van der Waals surface area contributed by atoms with Gasteiger partial charge < -0.3 is 5.11 Å². The highest BCUT2D eigenvalue weighted by molar-refractivity contribution is 6.83. The summed E-state index contributed by atoms with van der Waals surface area (Å²) in [5.74, 6) is 0. The van der Waals surface area contributed by atoms with E-state index in [-0.39, 0.29) is 0 Å². The molecule has 2 aromatic carbocycles. The Morgan fingerprint density at radius 1 is 1.00 bits per heavy atom. The number of aliphatic hydroxyl groups is 1. The summed E-state index contributed by atoms with van der Waals surface area (Å²) in [5.41, 5.74) is 2.40. The number of aliphatic hydroxyl groups excluding tert-OH is 1. The molecule has 2 heteroatoms. The first-order valence-electron chi connectivity index (χ1n) is 7.95. The van der Waals surface area contributed by atoms with E-state index < -0.39 is 14.2 Å². The SMILES string of the molecule is C/C=C(/C[C@H](O)c1ccccc1)[Si](C)(C)Cc1ccccc1. The van der Waals surface area contributed by atoms with Crippen molar-refractivity contribution in [3.05, 3.63) is 83.1 Å². The molecule has 0 saturated heterocycles. The van der Waals surface area contributed by atoms with E-state index in [1.54, 1.807) is 0 Å². The maximum absolute atomic E-state index is 10.5. The number of allylic oxidation sites excluding steroid dienone is 1. The van der Waals surface area contributed by atoms with Crippen LogP contribution in [0.1, 0.15) is 30.6 Å².